The van der Waals surface area contributed by atoms with E-state index in [2.05, 4.69) is 5.32 Å². The van der Waals surface area contributed by atoms with E-state index in [0.29, 0.717) is 17.1 Å². The molecule has 1 atom stereocenters. The average Bonchev–Trinajstić information content (AvgIpc) is 2.60. The summed E-state index contributed by atoms with van der Waals surface area (Å²) >= 11 is 5.77. The van der Waals surface area contributed by atoms with Crippen LogP contribution in [0.3, 0.4) is 0 Å². The topological polar surface area (TPSA) is 64.6 Å². The Morgan fingerprint density at radius 2 is 1.71 bits per heavy atom. The van der Waals surface area contributed by atoms with Crippen LogP contribution in [-0.2, 0) is 16.1 Å². The molecule has 0 bridgehead atoms. The Morgan fingerprint density at radius 3 is 2.29 bits per heavy atom. The smallest absolute Gasteiger partial charge is 0.338 e. The number of hydrogen-bond acceptors (Lipinski definition) is 4. The number of nitrogens with one attached hydrogen (secondary N) is 1. The number of benzene rings is 2. The minimum Gasteiger partial charge on any atom is -0.497 e. The van der Waals surface area contributed by atoms with Crippen LogP contribution >= 0.6 is 11.6 Å². The highest BCUT2D eigenvalue weighted by Crippen LogP contribution is 2.12. The lowest BCUT2D eigenvalue weighted by molar-refractivity contribution is -0.129. The average molecular weight is 348 g/mol. The molecule has 0 aliphatic rings. The van der Waals surface area contributed by atoms with Crippen molar-refractivity contribution in [2.75, 3.05) is 7.11 Å². The van der Waals surface area contributed by atoms with Crippen LogP contribution in [0.5, 0.6) is 5.75 Å². The number of rotatable bonds is 6. The van der Waals surface area contributed by atoms with E-state index in [1.54, 1.807) is 31.4 Å². The van der Waals surface area contributed by atoms with Crippen molar-refractivity contribution < 1.29 is 19.1 Å². The monoisotopic (exact) mass is 347 g/mol. The normalized spacial score (nSPS) is 11.5. The van der Waals surface area contributed by atoms with Gasteiger partial charge in [-0.15, -0.1) is 0 Å². The van der Waals surface area contributed by atoms with Crippen molar-refractivity contribution in [1.82, 2.24) is 5.32 Å². The van der Waals surface area contributed by atoms with Crippen LogP contribution in [-0.4, -0.2) is 25.1 Å². The zero-order valence-corrected chi connectivity index (χ0v) is 14.2. The molecule has 0 aliphatic heterocycles. The fourth-order valence-corrected chi connectivity index (χ4v) is 2.07. The minimum atomic E-state index is -0.897. The maximum atomic E-state index is 12.0. The number of amides is 1. The van der Waals surface area contributed by atoms with Crippen molar-refractivity contribution in [3.05, 3.63) is 64.7 Å². The molecule has 0 spiro atoms. The molecule has 6 heteroatoms. The number of esters is 1. The van der Waals surface area contributed by atoms with Gasteiger partial charge in [0, 0.05) is 11.6 Å². The van der Waals surface area contributed by atoms with Crippen molar-refractivity contribution in [3.63, 3.8) is 0 Å². The Hall–Kier alpha value is -2.53. The Kier molecular flexibility index (Phi) is 6.21. The number of halogens is 1. The van der Waals surface area contributed by atoms with Crippen LogP contribution in [0.25, 0.3) is 0 Å². The first-order chi connectivity index (χ1) is 11.5. The summed E-state index contributed by atoms with van der Waals surface area (Å²) in [6.45, 7) is 1.86. The van der Waals surface area contributed by atoms with Crippen molar-refractivity contribution in [2.24, 2.45) is 0 Å². The number of ether oxygens (including phenoxy) is 2. The van der Waals surface area contributed by atoms with Crippen LogP contribution < -0.4 is 10.1 Å². The van der Waals surface area contributed by atoms with Crippen LogP contribution in [0.2, 0.25) is 5.02 Å². The maximum absolute atomic E-state index is 12.0. The van der Waals surface area contributed by atoms with Crippen LogP contribution in [0.4, 0.5) is 0 Å². The first-order valence-electron chi connectivity index (χ1n) is 7.37. The number of carbonyl (C=O) groups excluding carboxylic acids is 2. The molecule has 2 aromatic carbocycles. The van der Waals surface area contributed by atoms with E-state index in [1.165, 1.54) is 6.92 Å². The standard InChI is InChI=1S/C18H18ClNO4/c1-12(24-18(22)14-5-7-15(19)8-6-14)17(21)20-11-13-3-9-16(23-2)10-4-13/h3-10,12H,11H2,1-2H3,(H,20,21)/t12-/m1/s1. The summed E-state index contributed by atoms with van der Waals surface area (Å²) in [5, 5.41) is 3.25. The van der Waals surface area contributed by atoms with Gasteiger partial charge in [0.15, 0.2) is 6.10 Å². The van der Waals surface area contributed by atoms with Gasteiger partial charge < -0.3 is 14.8 Å². The molecule has 0 fully saturated rings. The molecule has 2 aromatic rings. The van der Waals surface area contributed by atoms with E-state index in [1.807, 2.05) is 24.3 Å². The van der Waals surface area contributed by atoms with Gasteiger partial charge in [0.2, 0.25) is 0 Å². The second kappa shape index (κ2) is 8.36. The Balaban J connectivity index is 1.84. The molecule has 0 radical (unpaired) electrons. The van der Waals surface area contributed by atoms with E-state index in [9.17, 15) is 9.59 Å². The zero-order chi connectivity index (χ0) is 17.5. The lowest BCUT2D eigenvalue weighted by atomic mass is 10.2. The molecule has 0 heterocycles. The summed E-state index contributed by atoms with van der Waals surface area (Å²) in [5.74, 6) is -0.192. The first-order valence-corrected chi connectivity index (χ1v) is 7.74. The Labute approximate surface area is 145 Å². The largest absolute Gasteiger partial charge is 0.497 e. The number of methoxy groups -OCH3 is 1. The van der Waals surface area contributed by atoms with Gasteiger partial charge in [0.05, 0.1) is 12.7 Å². The van der Waals surface area contributed by atoms with E-state index in [-0.39, 0.29) is 5.91 Å². The van der Waals surface area contributed by atoms with E-state index in [4.69, 9.17) is 21.1 Å². The molecule has 0 aromatic heterocycles. The van der Waals surface area contributed by atoms with Crippen molar-refractivity contribution >= 4 is 23.5 Å². The second-order valence-electron chi connectivity index (χ2n) is 5.12. The highest BCUT2D eigenvalue weighted by Gasteiger charge is 2.18. The predicted octanol–water partition coefficient (Wildman–Crippen LogP) is 3.21. The molecule has 126 valence electrons. The minimum absolute atomic E-state index is 0.339. The van der Waals surface area contributed by atoms with Crippen molar-refractivity contribution in [3.8, 4) is 5.75 Å². The fourth-order valence-electron chi connectivity index (χ4n) is 1.94. The summed E-state index contributed by atoms with van der Waals surface area (Å²) < 4.78 is 10.2. The Bertz CT molecular complexity index is 698. The van der Waals surface area contributed by atoms with Gasteiger partial charge in [-0.05, 0) is 48.9 Å². The van der Waals surface area contributed by atoms with Gasteiger partial charge in [-0.3, -0.25) is 4.79 Å². The third-order valence-corrected chi connectivity index (χ3v) is 3.61. The summed E-state index contributed by atoms with van der Waals surface area (Å²) in [5.41, 5.74) is 1.26. The number of carbonyl (C=O) groups is 2. The first kappa shape index (κ1) is 17.8. The van der Waals surface area contributed by atoms with Gasteiger partial charge in [0.25, 0.3) is 5.91 Å². The van der Waals surface area contributed by atoms with Crippen LogP contribution in [0, 0.1) is 0 Å². The maximum Gasteiger partial charge on any atom is 0.338 e. The van der Waals surface area contributed by atoms with Gasteiger partial charge in [-0.25, -0.2) is 4.79 Å². The number of hydrogen-bond donors (Lipinski definition) is 1. The fraction of sp³-hybridized carbons (Fsp3) is 0.222. The van der Waals surface area contributed by atoms with Crippen molar-refractivity contribution in [1.29, 1.82) is 0 Å². The van der Waals surface area contributed by atoms with E-state index >= 15 is 0 Å². The second-order valence-corrected chi connectivity index (χ2v) is 5.56. The molecule has 5 nitrogen and oxygen atoms in total. The zero-order valence-electron chi connectivity index (χ0n) is 13.4. The molecule has 1 N–H and O–H groups in total. The molecular weight excluding hydrogens is 330 g/mol. The molecule has 0 saturated carbocycles. The van der Waals surface area contributed by atoms with Gasteiger partial charge >= 0.3 is 5.97 Å². The quantitative estimate of drug-likeness (QED) is 0.815. The predicted molar refractivity (Wildman–Crippen MR) is 91.2 cm³/mol. The molecule has 0 saturated heterocycles. The molecular formula is C18H18ClNO4. The van der Waals surface area contributed by atoms with Gasteiger partial charge in [0.1, 0.15) is 5.75 Å². The lowest BCUT2D eigenvalue weighted by Crippen LogP contribution is -2.35. The van der Waals surface area contributed by atoms with E-state index in [0.717, 1.165) is 11.3 Å². The summed E-state index contributed by atoms with van der Waals surface area (Å²) in [6.07, 6.45) is -0.897. The molecule has 24 heavy (non-hydrogen) atoms. The van der Waals surface area contributed by atoms with Crippen LogP contribution in [0.15, 0.2) is 48.5 Å². The van der Waals surface area contributed by atoms with E-state index < -0.39 is 12.1 Å². The van der Waals surface area contributed by atoms with Gasteiger partial charge in [-0.2, -0.15) is 0 Å². The molecule has 0 unspecified atom stereocenters. The highest BCUT2D eigenvalue weighted by molar-refractivity contribution is 6.30. The van der Waals surface area contributed by atoms with Crippen LogP contribution in [0.1, 0.15) is 22.8 Å². The highest BCUT2D eigenvalue weighted by atomic mass is 35.5. The third kappa shape index (κ3) is 4.99. The lowest BCUT2D eigenvalue weighted by Gasteiger charge is -2.13. The molecule has 1 amide bonds. The Morgan fingerprint density at radius 1 is 1.08 bits per heavy atom. The summed E-state index contributed by atoms with van der Waals surface area (Å²) in [6, 6.07) is 13.6. The summed E-state index contributed by atoms with van der Waals surface area (Å²) in [7, 11) is 1.59. The van der Waals surface area contributed by atoms with Gasteiger partial charge in [-0.1, -0.05) is 23.7 Å². The molecule has 2 rings (SSSR count). The van der Waals surface area contributed by atoms with Crippen molar-refractivity contribution in [2.45, 2.75) is 19.6 Å². The molecule has 0 aliphatic carbocycles. The SMILES string of the molecule is COc1ccc(CNC(=O)[C@@H](C)OC(=O)c2ccc(Cl)cc2)cc1. The third-order valence-electron chi connectivity index (χ3n) is 3.36. The summed E-state index contributed by atoms with van der Waals surface area (Å²) in [4.78, 5) is 24.0.